The van der Waals surface area contributed by atoms with Crippen LogP contribution in [0.15, 0.2) is 22.7 Å². The standard InChI is InChI=1S/C12H14BrFO3/c1-6(2)10(12(16)17)11(15)8-5-7(13)3-4-9(8)14/h3-6,10-11,15H,1-2H3,(H,16,17). The number of carboxylic acid groups (broad SMARTS) is 1. The van der Waals surface area contributed by atoms with Crippen LogP contribution in [0.25, 0.3) is 0 Å². The fraction of sp³-hybridized carbons (Fsp3) is 0.417. The Morgan fingerprint density at radius 2 is 2.00 bits per heavy atom. The smallest absolute Gasteiger partial charge is 0.309 e. The predicted octanol–water partition coefficient (Wildman–Crippen LogP) is 2.98. The highest BCUT2D eigenvalue weighted by molar-refractivity contribution is 9.10. The third-order valence-corrected chi connectivity index (χ3v) is 3.11. The second-order valence-corrected chi connectivity index (χ2v) is 5.13. The second-order valence-electron chi connectivity index (χ2n) is 4.22. The van der Waals surface area contributed by atoms with Crippen molar-refractivity contribution in [2.45, 2.75) is 20.0 Å². The maximum Gasteiger partial charge on any atom is 0.309 e. The lowest BCUT2D eigenvalue weighted by Gasteiger charge is -2.23. The normalized spacial score (nSPS) is 14.7. The summed E-state index contributed by atoms with van der Waals surface area (Å²) in [5, 5.41) is 19.0. The topological polar surface area (TPSA) is 57.5 Å². The van der Waals surface area contributed by atoms with Gasteiger partial charge in [-0.2, -0.15) is 0 Å². The molecule has 0 spiro atoms. The van der Waals surface area contributed by atoms with Gasteiger partial charge in [-0.3, -0.25) is 4.79 Å². The lowest BCUT2D eigenvalue weighted by atomic mass is 9.86. The van der Waals surface area contributed by atoms with Gasteiger partial charge in [0.05, 0.1) is 12.0 Å². The van der Waals surface area contributed by atoms with Gasteiger partial charge in [-0.1, -0.05) is 29.8 Å². The van der Waals surface area contributed by atoms with Crippen LogP contribution in [0.1, 0.15) is 25.5 Å². The predicted molar refractivity (Wildman–Crippen MR) is 65.0 cm³/mol. The van der Waals surface area contributed by atoms with E-state index in [0.29, 0.717) is 4.47 Å². The lowest BCUT2D eigenvalue weighted by Crippen LogP contribution is -2.27. The summed E-state index contributed by atoms with van der Waals surface area (Å²) in [7, 11) is 0. The van der Waals surface area contributed by atoms with Crippen molar-refractivity contribution >= 4 is 21.9 Å². The molecule has 5 heteroatoms. The highest BCUT2D eigenvalue weighted by Crippen LogP contribution is 2.31. The molecule has 0 aliphatic heterocycles. The molecule has 0 aromatic heterocycles. The third-order valence-electron chi connectivity index (χ3n) is 2.62. The van der Waals surface area contributed by atoms with Gasteiger partial charge < -0.3 is 10.2 Å². The Hall–Kier alpha value is -0.940. The first kappa shape index (κ1) is 14.1. The van der Waals surface area contributed by atoms with Crippen LogP contribution in [-0.2, 0) is 4.79 Å². The third kappa shape index (κ3) is 3.26. The van der Waals surface area contributed by atoms with Gasteiger partial charge >= 0.3 is 5.97 Å². The molecule has 1 rings (SSSR count). The number of aliphatic hydroxyl groups is 1. The summed E-state index contributed by atoms with van der Waals surface area (Å²) in [6, 6.07) is 4.09. The molecule has 0 saturated heterocycles. The van der Waals surface area contributed by atoms with Crippen molar-refractivity contribution in [1.29, 1.82) is 0 Å². The van der Waals surface area contributed by atoms with Crippen molar-refractivity contribution in [2.75, 3.05) is 0 Å². The van der Waals surface area contributed by atoms with Crippen molar-refractivity contribution in [3.8, 4) is 0 Å². The van der Waals surface area contributed by atoms with Crippen LogP contribution >= 0.6 is 15.9 Å². The van der Waals surface area contributed by atoms with Crippen LogP contribution in [0, 0.1) is 17.7 Å². The monoisotopic (exact) mass is 304 g/mol. The number of aliphatic carboxylic acids is 1. The minimum atomic E-state index is -1.36. The summed E-state index contributed by atoms with van der Waals surface area (Å²) in [4.78, 5) is 11.1. The Labute approximate surface area is 107 Å². The van der Waals surface area contributed by atoms with E-state index in [1.165, 1.54) is 18.2 Å². The average molecular weight is 305 g/mol. The van der Waals surface area contributed by atoms with Gasteiger partial charge in [-0.05, 0) is 24.1 Å². The summed E-state index contributed by atoms with van der Waals surface area (Å²) in [6.45, 7) is 3.36. The van der Waals surface area contributed by atoms with E-state index in [-0.39, 0.29) is 11.5 Å². The van der Waals surface area contributed by atoms with Gasteiger partial charge in [0.25, 0.3) is 0 Å². The van der Waals surface area contributed by atoms with E-state index in [2.05, 4.69) is 15.9 Å². The molecule has 1 aromatic carbocycles. The van der Waals surface area contributed by atoms with Crippen LogP contribution in [0.5, 0.6) is 0 Å². The molecule has 2 atom stereocenters. The summed E-state index contributed by atoms with van der Waals surface area (Å²) in [5.41, 5.74) is 0.000440. The summed E-state index contributed by atoms with van der Waals surface area (Å²) >= 11 is 3.16. The number of halogens is 2. The molecule has 1 aromatic rings. The van der Waals surface area contributed by atoms with E-state index in [4.69, 9.17) is 5.11 Å². The second kappa shape index (κ2) is 5.60. The van der Waals surface area contributed by atoms with E-state index >= 15 is 0 Å². The maximum absolute atomic E-state index is 13.5. The van der Waals surface area contributed by atoms with Gasteiger partial charge in [-0.15, -0.1) is 0 Å². The molecular formula is C12H14BrFO3. The Balaban J connectivity index is 3.13. The fourth-order valence-corrected chi connectivity index (χ4v) is 2.10. The zero-order chi connectivity index (χ0) is 13.2. The van der Waals surface area contributed by atoms with E-state index in [1.807, 2.05) is 0 Å². The Kier molecular flexibility index (Phi) is 4.65. The van der Waals surface area contributed by atoms with E-state index < -0.39 is 23.8 Å². The van der Waals surface area contributed by atoms with E-state index in [0.717, 1.165) is 0 Å². The quantitative estimate of drug-likeness (QED) is 0.899. The first-order valence-corrected chi connectivity index (χ1v) is 5.99. The van der Waals surface area contributed by atoms with Crippen molar-refractivity contribution in [3.63, 3.8) is 0 Å². The number of carbonyl (C=O) groups is 1. The Bertz CT molecular complexity index is 420. The number of aliphatic hydroxyl groups excluding tert-OH is 1. The number of rotatable bonds is 4. The molecule has 0 fully saturated rings. The summed E-state index contributed by atoms with van der Waals surface area (Å²) < 4.78 is 14.1. The number of hydrogen-bond donors (Lipinski definition) is 2. The van der Waals surface area contributed by atoms with E-state index in [9.17, 15) is 14.3 Å². The fourth-order valence-electron chi connectivity index (χ4n) is 1.72. The molecule has 0 aliphatic rings. The van der Waals surface area contributed by atoms with Gasteiger partial charge in [0.2, 0.25) is 0 Å². The molecular weight excluding hydrogens is 291 g/mol. The highest BCUT2D eigenvalue weighted by atomic mass is 79.9. The molecule has 0 heterocycles. The van der Waals surface area contributed by atoms with Crippen molar-refractivity contribution < 1.29 is 19.4 Å². The molecule has 0 amide bonds. The van der Waals surface area contributed by atoms with Gasteiger partial charge in [0.15, 0.2) is 0 Å². The Morgan fingerprint density at radius 3 is 2.47 bits per heavy atom. The molecule has 0 radical (unpaired) electrons. The van der Waals surface area contributed by atoms with Crippen molar-refractivity contribution in [3.05, 3.63) is 34.1 Å². The molecule has 2 unspecified atom stereocenters. The maximum atomic E-state index is 13.5. The zero-order valence-electron chi connectivity index (χ0n) is 9.52. The molecule has 0 bridgehead atoms. The van der Waals surface area contributed by atoms with Crippen LogP contribution in [0.4, 0.5) is 4.39 Å². The first-order chi connectivity index (χ1) is 7.84. The summed E-state index contributed by atoms with van der Waals surface area (Å²) in [6.07, 6.45) is -1.36. The largest absolute Gasteiger partial charge is 0.481 e. The molecule has 0 aliphatic carbocycles. The number of carboxylic acids is 1. The van der Waals surface area contributed by atoms with Gasteiger partial charge in [0.1, 0.15) is 5.82 Å². The molecule has 2 N–H and O–H groups in total. The van der Waals surface area contributed by atoms with Crippen molar-refractivity contribution in [1.82, 2.24) is 0 Å². The molecule has 0 saturated carbocycles. The van der Waals surface area contributed by atoms with Crippen LogP contribution < -0.4 is 0 Å². The SMILES string of the molecule is CC(C)C(C(=O)O)C(O)c1cc(Br)ccc1F. The number of hydrogen-bond acceptors (Lipinski definition) is 2. The lowest BCUT2D eigenvalue weighted by molar-refractivity contribution is -0.148. The average Bonchev–Trinajstić information content (AvgIpc) is 2.20. The van der Waals surface area contributed by atoms with E-state index in [1.54, 1.807) is 13.8 Å². The zero-order valence-corrected chi connectivity index (χ0v) is 11.1. The van der Waals surface area contributed by atoms with Crippen LogP contribution in [-0.4, -0.2) is 16.2 Å². The number of benzene rings is 1. The molecule has 3 nitrogen and oxygen atoms in total. The first-order valence-electron chi connectivity index (χ1n) is 5.20. The van der Waals surface area contributed by atoms with Crippen LogP contribution in [0.2, 0.25) is 0 Å². The molecule has 94 valence electrons. The Morgan fingerprint density at radius 1 is 1.41 bits per heavy atom. The summed E-state index contributed by atoms with van der Waals surface area (Å²) in [5.74, 6) is -3.06. The highest BCUT2D eigenvalue weighted by Gasteiger charge is 2.32. The van der Waals surface area contributed by atoms with Crippen LogP contribution in [0.3, 0.4) is 0 Å². The van der Waals surface area contributed by atoms with Gasteiger partial charge in [0, 0.05) is 10.0 Å². The van der Waals surface area contributed by atoms with Gasteiger partial charge in [-0.25, -0.2) is 4.39 Å². The molecule has 17 heavy (non-hydrogen) atoms. The minimum absolute atomic E-state index is 0.000440. The minimum Gasteiger partial charge on any atom is -0.481 e. The van der Waals surface area contributed by atoms with Crippen molar-refractivity contribution in [2.24, 2.45) is 11.8 Å².